The summed E-state index contributed by atoms with van der Waals surface area (Å²) in [5.74, 6) is -0.326. The van der Waals surface area contributed by atoms with E-state index in [9.17, 15) is 13.2 Å². The van der Waals surface area contributed by atoms with Crippen LogP contribution in [0.2, 0.25) is 0 Å². The van der Waals surface area contributed by atoms with Crippen LogP contribution in [0.1, 0.15) is 27.0 Å². The number of aromatic nitrogens is 1. The van der Waals surface area contributed by atoms with Crippen molar-refractivity contribution in [3.05, 3.63) is 101 Å². The molecule has 0 bridgehead atoms. The fourth-order valence-corrected chi connectivity index (χ4v) is 6.91. The van der Waals surface area contributed by atoms with Gasteiger partial charge in [0.15, 0.2) is 5.13 Å². The number of hydrogen-bond acceptors (Lipinski definition) is 5. The molecule has 1 N–H and O–H groups in total. The summed E-state index contributed by atoms with van der Waals surface area (Å²) in [7, 11) is -2.14. The van der Waals surface area contributed by atoms with Gasteiger partial charge in [0.2, 0.25) is 10.0 Å². The molecule has 0 atom stereocenters. The molecule has 1 heterocycles. The molecule has 1 aromatic heterocycles. The van der Waals surface area contributed by atoms with Crippen molar-refractivity contribution in [3.8, 4) is 0 Å². The van der Waals surface area contributed by atoms with E-state index in [1.807, 2.05) is 30.3 Å². The molecule has 36 heavy (non-hydrogen) atoms. The summed E-state index contributed by atoms with van der Waals surface area (Å²) < 4.78 is 28.3. The molecule has 0 fully saturated rings. The third-order valence-corrected chi connectivity index (χ3v) is 9.38. The van der Waals surface area contributed by atoms with Crippen LogP contribution in [-0.2, 0) is 29.4 Å². The Balaban J connectivity index is 1.21. The topological polar surface area (TPSA) is 79.4 Å². The predicted octanol–water partition coefficient (Wildman–Crippen LogP) is 5.62. The summed E-state index contributed by atoms with van der Waals surface area (Å²) in [5.41, 5.74) is 4.86. The van der Waals surface area contributed by atoms with Crippen LogP contribution in [0.4, 0.5) is 5.13 Å². The molecule has 8 heteroatoms. The zero-order chi connectivity index (χ0) is 24.9. The number of thiazole rings is 1. The molecule has 0 unspecified atom stereocenters. The maximum Gasteiger partial charge on any atom is 0.257 e. The molecule has 0 saturated carbocycles. The minimum Gasteiger partial charge on any atom is -0.298 e. The second-order valence-electron chi connectivity index (χ2n) is 8.97. The number of anilines is 1. The first-order valence-corrected chi connectivity index (χ1v) is 13.9. The van der Waals surface area contributed by atoms with Crippen molar-refractivity contribution in [2.75, 3.05) is 12.4 Å². The van der Waals surface area contributed by atoms with E-state index in [0.717, 1.165) is 34.0 Å². The number of fused-ring (bicyclic) bond motifs is 2. The quantitative estimate of drug-likeness (QED) is 0.320. The molecule has 0 saturated heterocycles. The van der Waals surface area contributed by atoms with Crippen molar-refractivity contribution in [2.24, 2.45) is 0 Å². The van der Waals surface area contributed by atoms with Gasteiger partial charge in [0.05, 0.1) is 15.1 Å². The van der Waals surface area contributed by atoms with Gasteiger partial charge in [-0.2, -0.15) is 4.31 Å². The summed E-state index contributed by atoms with van der Waals surface area (Å²) in [4.78, 5) is 17.8. The van der Waals surface area contributed by atoms with Crippen molar-refractivity contribution in [2.45, 2.75) is 24.3 Å². The van der Waals surface area contributed by atoms with Gasteiger partial charge in [-0.25, -0.2) is 13.4 Å². The lowest BCUT2D eigenvalue weighted by atomic mass is 10.0. The Morgan fingerprint density at radius 3 is 2.50 bits per heavy atom. The molecule has 0 spiro atoms. The van der Waals surface area contributed by atoms with Crippen LogP contribution in [0, 0.1) is 0 Å². The number of amides is 1. The lowest BCUT2D eigenvalue weighted by Crippen LogP contribution is -2.26. The molecule has 5 aromatic rings. The van der Waals surface area contributed by atoms with Gasteiger partial charge in [0.25, 0.3) is 5.91 Å². The smallest absolute Gasteiger partial charge is 0.257 e. The van der Waals surface area contributed by atoms with E-state index in [1.54, 1.807) is 7.05 Å². The van der Waals surface area contributed by atoms with Gasteiger partial charge < -0.3 is 0 Å². The largest absolute Gasteiger partial charge is 0.298 e. The lowest BCUT2D eigenvalue weighted by molar-refractivity contribution is 0.102. The molecule has 1 aliphatic carbocycles. The molecule has 1 aliphatic rings. The maximum atomic E-state index is 13.0. The highest BCUT2D eigenvalue weighted by molar-refractivity contribution is 7.89. The van der Waals surface area contributed by atoms with Gasteiger partial charge in [0.1, 0.15) is 0 Å². The van der Waals surface area contributed by atoms with Gasteiger partial charge in [-0.05, 0) is 65.3 Å². The Morgan fingerprint density at radius 2 is 1.72 bits per heavy atom. The van der Waals surface area contributed by atoms with Crippen molar-refractivity contribution in [1.82, 2.24) is 9.29 Å². The van der Waals surface area contributed by atoms with Gasteiger partial charge in [-0.3, -0.25) is 10.1 Å². The van der Waals surface area contributed by atoms with Crippen molar-refractivity contribution < 1.29 is 13.2 Å². The first kappa shape index (κ1) is 22.8. The minimum atomic E-state index is -3.69. The highest BCUT2D eigenvalue weighted by Gasteiger charge is 2.22. The van der Waals surface area contributed by atoms with E-state index in [4.69, 9.17) is 4.98 Å². The monoisotopic (exact) mass is 513 g/mol. The number of hydrogen-bond donors (Lipinski definition) is 1. The molecule has 4 aromatic carbocycles. The molecule has 0 radical (unpaired) electrons. The average molecular weight is 514 g/mol. The van der Waals surface area contributed by atoms with E-state index >= 15 is 0 Å². The maximum absolute atomic E-state index is 13.0. The number of nitrogens with zero attached hydrogens (tertiary/aromatic N) is 2. The zero-order valence-corrected chi connectivity index (χ0v) is 21.2. The van der Waals surface area contributed by atoms with Gasteiger partial charge in [0, 0.05) is 24.5 Å². The van der Waals surface area contributed by atoms with Gasteiger partial charge >= 0.3 is 0 Å². The Kier molecular flexibility index (Phi) is 5.59. The fraction of sp³-hybridized carbons (Fsp3) is 0.143. The van der Waals surface area contributed by atoms with E-state index in [-0.39, 0.29) is 17.3 Å². The third-order valence-electron chi connectivity index (χ3n) is 6.64. The summed E-state index contributed by atoms with van der Waals surface area (Å²) in [6.45, 7) is 0.265. The van der Waals surface area contributed by atoms with Crippen LogP contribution in [-0.4, -0.2) is 30.7 Å². The number of carbonyl (C=O) groups excluding carboxylic acids is 1. The van der Waals surface area contributed by atoms with Crippen molar-refractivity contribution >= 4 is 53.4 Å². The van der Waals surface area contributed by atoms with E-state index < -0.39 is 10.0 Å². The molecular weight excluding hydrogens is 490 g/mol. The number of benzene rings is 4. The van der Waals surface area contributed by atoms with Gasteiger partial charge in [-0.1, -0.05) is 59.9 Å². The molecule has 0 aliphatic heterocycles. The fourth-order valence-electron chi connectivity index (χ4n) is 4.81. The minimum absolute atomic E-state index is 0.140. The summed E-state index contributed by atoms with van der Waals surface area (Å²) in [6, 6.07) is 23.9. The molecule has 180 valence electrons. The summed E-state index contributed by atoms with van der Waals surface area (Å²) in [5, 5.41) is 5.84. The summed E-state index contributed by atoms with van der Waals surface area (Å²) >= 11 is 1.45. The summed E-state index contributed by atoms with van der Waals surface area (Å²) in [6.07, 6.45) is 2.09. The Morgan fingerprint density at radius 1 is 0.972 bits per heavy atom. The van der Waals surface area contributed by atoms with Crippen LogP contribution in [0.3, 0.4) is 0 Å². The van der Waals surface area contributed by atoms with Crippen LogP contribution in [0.15, 0.2) is 83.8 Å². The number of nitrogens with one attached hydrogen (secondary N) is 1. The van der Waals surface area contributed by atoms with Crippen LogP contribution < -0.4 is 5.32 Å². The molecule has 6 rings (SSSR count). The predicted molar refractivity (Wildman–Crippen MR) is 144 cm³/mol. The normalized spacial score (nSPS) is 13.1. The number of rotatable bonds is 6. The number of aryl methyl sites for hydroxylation is 2. The van der Waals surface area contributed by atoms with Gasteiger partial charge in [-0.15, -0.1) is 0 Å². The highest BCUT2D eigenvalue weighted by Crippen LogP contribution is 2.39. The van der Waals surface area contributed by atoms with E-state index in [0.29, 0.717) is 10.7 Å². The number of carbonyl (C=O) groups is 1. The molecular formula is C28H23N3O3S2. The zero-order valence-electron chi connectivity index (χ0n) is 19.6. The average Bonchev–Trinajstić information content (AvgIpc) is 3.49. The van der Waals surface area contributed by atoms with Crippen LogP contribution in [0.25, 0.3) is 21.0 Å². The second kappa shape index (κ2) is 8.81. The van der Waals surface area contributed by atoms with E-state index in [1.165, 1.54) is 56.4 Å². The lowest BCUT2D eigenvalue weighted by Gasteiger charge is -2.17. The first-order valence-electron chi connectivity index (χ1n) is 11.7. The van der Waals surface area contributed by atoms with E-state index in [2.05, 4.69) is 29.6 Å². The van der Waals surface area contributed by atoms with Crippen molar-refractivity contribution in [3.63, 3.8) is 0 Å². The standard InChI is InChI=1S/C28H23N3O3S2/c1-31(17-18-6-3-2-4-7-18)36(33,34)22-14-12-20(13-15-22)27(32)30-28-29-26-23-9-5-8-19-10-11-21(25(19)23)16-24(26)35-28/h2-9,12-16H,10-11,17H2,1H3,(H,29,30,32). The number of sulfonamides is 1. The first-order chi connectivity index (χ1) is 17.4. The Hall–Kier alpha value is -3.59. The van der Waals surface area contributed by atoms with Crippen LogP contribution >= 0.6 is 11.3 Å². The third kappa shape index (κ3) is 3.97. The Bertz CT molecular complexity index is 1730. The Labute approximate surface area is 213 Å². The SMILES string of the molecule is CN(Cc1ccccc1)S(=O)(=O)c1ccc(C(=O)Nc2nc3c(cc4c5c(cccc53)CC4)s2)cc1. The molecule has 6 nitrogen and oxygen atoms in total. The highest BCUT2D eigenvalue weighted by atomic mass is 32.2. The van der Waals surface area contributed by atoms with Crippen molar-refractivity contribution in [1.29, 1.82) is 0 Å². The van der Waals surface area contributed by atoms with Crippen LogP contribution in [0.5, 0.6) is 0 Å². The molecule has 1 amide bonds. The second-order valence-corrected chi connectivity index (χ2v) is 12.0.